The van der Waals surface area contributed by atoms with E-state index >= 15 is 0 Å². The molecule has 0 radical (unpaired) electrons. The number of benzene rings is 1. The first-order chi connectivity index (χ1) is 8.49. The van der Waals surface area contributed by atoms with Crippen molar-refractivity contribution in [1.29, 1.82) is 0 Å². The summed E-state index contributed by atoms with van der Waals surface area (Å²) in [5.74, 6) is 0.0299. The van der Waals surface area contributed by atoms with Gasteiger partial charge in [0.1, 0.15) is 5.78 Å². The van der Waals surface area contributed by atoms with Gasteiger partial charge in [-0.3, -0.25) is 9.59 Å². The lowest BCUT2D eigenvalue weighted by Gasteiger charge is -2.14. The summed E-state index contributed by atoms with van der Waals surface area (Å²) in [7, 11) is 0. The van der Waals surface area contributed by atoms with E-state index in [9.17, 15) is 9.59 Å². The van der Waals surface area contributed by atoms with E-state index in [0.717, 1.165) is 5.56 Å². The molecule has 1 aliphatic rings. The molecule has 0 bridgehead atoms. The van der Waals surface area contributed by atoms with Crippen molar-refractivity contribution in [1.82, 2.24) is 0 Å². The van der Waals surface area contributed by atoms with E-state index in [1.54, 1.807) is 12.1 Å². The summed E-state index contributed by atoms with van der Waals surface area (Å²) in [5, 5.41) is 0.614. The average molecular weight is 266 g/mol. The quantitative estimate of drug-likeness (QED) is 0.785. The van der Waals surface area contributed by atoms with Crippen LogP contribution in [0.2, 0.25) is 5.02 Å². The molecule has 0 saturated heterocycles. The molecule has 3 nitrogen and oxygen atoms in total. The van der Waals surface area contributed by atoms with Crippen LogP contribution in [0.15, 0.2) is 18.2 Å². The van der Waals surface area contributed by atoms with Crippen LogP contribution in [0.3, 0.4) is 0 Å². The predicted molar refractivity (Wildman–Crippen MR) is 71.0 cm³/mol. The second-order valence-electron chi connectivity index (χ2n) is 4.87. The van der Waals surface area contributed by atoms with Crippen LogP contribution in [0.5, 0.6) is 0 Å². The fraction of sp³-hybridized carbons (Fsp3) is 0.429. The minimum absolute atomic E-state index is 0.0332. The molecule has 0 heterocycles. The number of ketones is 2. The summed E-state index contributed by atoms with van der Waals surface area (Å²) in [5.41, 5.74) is 7.32. The Morgan fingerprint density at radius 3 is 2.78 bits per heavy atom. The molecule has 18 heavy (non-hydrogen) atoms. The van der Waals surface area contributed by atoms with E-state index in [1.807, 2.05) is 13.0 Å². The topological polar surface area (TPSA) is 60.2 Å². The highest BCUT2D eigenvalue weighted by Gasteiger charge is 2.25. The van der Waals surface area contributed by atoms with Crippen molar-refractivity contribution in [2.45, 2.75) is 38.1 Å². The van der Waals surface area contributed by atoms with Gasteiger partial charge in [0.2, 0.25) is 0 Å². The van der Waals surface area contributed by atoms with Crippen molar-refractivity contribution in [2.24, 2.45) is 5.73 Å². The first-order valence-corrected chi connectivity index (χ1v) is 6.47. The molecule has 4 heteroatoms. The molecule has 1 aliphatic carbocycles. The van der Waals surface area contributed by atoms with Crippen LogP contribution >= 0.6 is 11.6 Å². The summed E-state index contributed by atoms with van der Waals surface area (Å²) in [4.78, 5) is 23.9. The Morgan fingerprint density at radius 2 is 2.06 bits per heavy atom. The number of hydrogen-bond acceptors (Lipinski definition) is 3. The second kappa shape index (κ2) is 5.21. The van der Waals surface area contributed by atoms with E-state index in [2.05, 4.69) is 0 Å². The van der Waals surface area contributed by atoms with Gasteiger partial charge >= 0.3 is 0 Å². The Bertz CT molecular complexity index is 499. The third kappa shape index (κ3) is 2.62. The van der Waals surface area contributed by atoms with Crippen LogP contribution in [0, 0.1) is 0 Å². The summed E-state index contributed by atoms with van der Waals surface area (Å²) in [6, 6.07) is 4.59. The number of halogens is 1. The Balaban J connectivity index is 2.46. The van der Waals surface area contributed by atoms with Crippen LogP contribution < -0.4 is 5.73 Å². The van der Waals surface area contributed by atoms with Crippen molar-refractivity contribution < 1.29 is 9.59 Å². The van der Waals surface area contributed by atoms with Crippen LogP contribution in [-0.4, -0.2) is 17.6 Å². The number of nitrogens with two attached hydrogens (primary N) is 1. The summed E-state index contributed by atoms with van der Waals surface area (Å²) < 4.78 is 0. The SMILES string of the molecule is CC1CCC(=O)C(N)CC(=O)c2ccc(Cl)cc21. The Labute approximate surface area is 111 Å². The van der Waals surface area contributed by atoms with Gasteiger partial charge in [-0.2, -0.15) is 0 Å². The third-order valence-electron chi connectivity index (χ3n) is 3.49. The van der Waals surface area contributed by atoms with Crippen molar-refractivity contribution in [2.75, 3.05) is 0 Å². The summed E-state index contributed by atoms with van der Waals surface area (Å²) in [6.07, 6.45) is 1.20. The van der Waals surface area contributed by atoms with Crippen molar-refractivity contribution in [3.63, 3.8) is 0 Å². The zero-order valence-electron chi connectivity index (χ0n) is 10.3. The predicted octanol–water partition coefficient (Wildman–Crippen LogP) is 2.71. The lowest BCUT2D eigenvalue weighted by Crippen LogP contribution is -2.32. The number of hydrogen-bond donors (Lipinski definition) is 1. The van der Waals surface area contributed by atoms with Crippen molar-refractivity contribution in [3.8, 4) is 0 Å². The second-order valence-corrected chi connectivity index (χ2v) is 5.31. The van der Waals surface area contributed by atoms with E-state index in [4.69, 9.17) is 17.3 Å². The lowest BCUT2D eigenvalue weighted by atomic mass is 9.91. The number of rotatable bonds is 0. The molecule has 0 saturated carbocycles. The standard InChI is InChI=1S/C14H16ClNO2/c1-8-2-5-13(17)12(16)7-14(18)10-4-3-9(15)6-11(8)10/h3-4,6,8,12H,2,5,7,16H2,1H3. The monoisotopic (exact) mass is 265 g/mol. The van der Waals surface area contributed by atoms with Gasteiger partial charge in [0.15, 0.2) is 5.78 Å². The molecule has 2 unspecified atom stereocenters. The van der Waals surface area contributed by atoms with Crippen molar-refractivity contribution >= 4 is 23.2 Å². The molecule has 0 aromatic heterocycles. The maximum absolute atomic E-state index is 12.1. The number of fused-ring (bicyclic) bond motifs is 1. The molecular formula is C14H16ClNO2. The van der Waals surface area contributed by atoms with Gasteiger partial charge in [0, 0.05) is 23.4 Å². The lowest BCUT2D eigenvalue weighted by molar-refractivity contribution is -0.120. The fourth-order valence-corrected chi connectivity index (χ4v) is 2.50. The minimum Gasteiger partial charge on any atom is -0.321 e. The van der Waals surface area contributed by atoms with Gasteiger partial charge in [-0.25, -0.2) is 0 Å². The summed E-state index contributed by atoms with van der Waals surface area (Å²) >= 11 is 5.98. The molecule has 0 spiro atoms. The first-order valence-electron chi connectivity index (χ1n) is 6.10. The molecule has 2 rings (SSSR count). The van der Waals surface area contributed by atoms with Crippen LogP contribution in [-0.2, 0) is 4.79 Å². The molecule has 0 fully saturated rings. The molecule has 96 valence electrons. The van der Waals surface area contributed by atoms with Gasteiger partial charge in [0.25, 0.3) is 0 Å². The minimum atomic E-state index is -0.675. The molecule has 1 aromatic rings. The van der Waals surface area contributed by atoms with E-state index in [0.29, 0.717) is 23.4 Å². The molecule has 2 N–H and O–H groups in total. The van der Waals surface area contributed by atoms with E-state index < -0.39 is 6.04 Å². The Morgan fingerprint density at radius 1 is 1.33 bits per heavy atom. The number of carbonyl (C=O) groups is 2. The van der Waals surface area contributed by atoms with Gasteiger partial charge in [-0.1, -0.05) is 18.5 Å². The highest BCUT2D eigenvalue weighted by molar-refractivity contribution is 6.30. The maximum Gasteiger partial charge on any atom is 0.165 e. The van der Waals surface area contributed by atoms with Crippen molar-refractivity contribution in [3.05, 3.63) is 34.3 Å². The highest BCUT2D eigenvalue weighted by Crippen LogP contribution is 2.29. The van der Waals surface area contributed by atoms with Gasteiger partial charge in [-0.05, 0) is 36.1 Å². The average Bonchev–Trinajstić information content (AvgIpc) is 2.37. The van der Waals surface area contributed by atoms with E-state index in [1.165, 1.54) is 0 Å². The molecule has 0 amide bonds. The molecular weight excluding hydrogens is 250 g/mol. The number of carbonyl (C=O) groups excluding carboxylic acids is 2. The zero-order valence-corrected chi connectivity index (χ0v) is 11.0. The smallest absolute Gasteiger partial charge is 0.165 e. The third-order valence-corrected chi connectivity index (χ3v) is 3.72. The van der Waals surface area contributed by atoms with Gasteiger partial charge in [0.05, 0.1) is 6.04 Å². The largest absolute Gasteiger partial charge is 0.321 e. The van der Waals surface area contributed by atoms with Gasteiger partial charge in [-0.15, -0.1) is 0 Å². The summed E-state index contributed by atoms with van der Waals surface area (Å²) in [6.45, 7) is 2.01. The van der Waals surface area contributed by atoms with Gasteiger partial charge < -0.3 is 5.73 Å². The van der Waals surface area contributed by atoms with E-state index in [-0.39, 0.29) is 23.9 Å². The highest BCUT2D eigenvalue weighted by atomic mass is 35.5. The molecule has 1 aromatic carbocycles. The molecule has 2 atom stereocenters. The normalized spacial score (nSPS) is 25.1. The van der Waals surface area contributed by atoms with Crippen LogP contribution in [0.4, 0.5) is 0 Å². The van der Waals surface area contributed by atoms with Crippen LogP contribution in [0.25, 0.3) is 0 Å². The fourth-order valence-electron chi connectivity index (χ4n) is 2.32. The molecule has 0 aliphatic heterocycles. The Kier molecular flexibility index (Phi) is 3.83. The van der Waals surface area contributed by atoms with Crippen LogP contribution in [0.1, 0.15) is 48.0 Å². The zero-order chi connectivity index (χ0) is 13.3. The first kappa shape index (κ1) is 13.2. The number of Topliss-reactive ketones (excluding diaryl/α,β-unsaturated/α-hetero) is 2. The maximum atomic E-state index is 12.1. The Hall–Kier alpha value is -1.19.